The van der Waals surface area contributed by atoms with Crippen LogP contribution in [0.4, 0.5) is 0 Å². The van der Waals surface area contributed by atoms with E-state index in [1.165, 1.54) is 32.1 Å². The highest BCUT2D eigenvalue weighted by molar-refractivity contribution is 5.16. The first-order valence-electron chi connectivity index (χ1n) is 8.25. The number of hydrogen-bond donors (Lipinski definition) is 2. The summed E-state index contributed by atoms with van der Waals surface area (Å²) in [7, 11) is 0. The SMILES string of the molecule is CCCCC[C@H](O)/C=C/C#CCCCCCCCCO. The van der Waals surface area contributed by atoms with Crippen LogP contribution in [0.3, 0.4) is 0 Å². The van der Waals surface area contributed by atoms with Crippen LogP contribution >= 0.6 is 0 Å². The molecule has 0 amide bonds. The molecular formula is C18H32O2. The van der Waals surface area contributed by atoms with Crippen molar-refractivity contribution in [3.8, 4) is 11.8 Å². The topological polar surface area (TPSA) is 40.5 Å². The molecule has 0 spiro atoms. The lowest BCUT2D eigenvalue weighted by Crippen LogP contribution is -2.00. The molecular weight excluding hydrogens is 248 g/mol. The third-order valence-corrected chi connectivity index (χ3v) is 3.32. The third kappa shape index (κ3) is 15.3. The van der Waals surface area contributed by atoms with Gasteiger partial charge in [-0.25, -0.2) is 0 Å². The number of allylic oxidation sites excluding steroid dienone is 1. The van der Waals surface area contributed by atoms with Gasteiger partial charge in [0.05, 0.1) is 6.10 Å². The maximum absolute atomic E-state index is 9.65. The number of rotatable bonds is 12. The van der Waals surface area contributed by atoms with Crippen molar-refractivity contribution in [1.29, 1.82) is 0 Å². The van der Waals surface area contributed by atoms with Crippen LogP contribution in [0.5, 0.6) is 0 Å². The Balaban J connectivity index is 3.39. The smallest absolute Gasteiger partial charge is 0.0730 e. The fourth-order valence-corrected chi connectivity index (χ4v) is 2.02. The number of aliphatic hydroxyl groups is 2. The van der Waals surface area contributed by atoms with Crippen molar-refractivity contribution in [1.82, 2.24) is 0 Å². The van der Waals surface area contributed by atoms with Gasteiger partial charge < -0.3 is 10.2 Å². The molecule has 0 aromatic heterocycles. The fourth-order valence-electron chi connectivity index (χ4n) is 2.02. The molecule has 0 aliphatic carbocycles. The van der Waals surface area contributed by atoms with E-state index in [9.17, 15) is 5.11 Å². The van der Waals surface area contributed by atoms with E-state index in [2.05, 4.69) is 18.8 Å². The molecule has 0 aromatic carbocycles. The van der Waals surface area contributed by atoms with Crippen molar-refractivity contribution in [2.75, 3.05) is 6.61 Å². The lowest BCUT2D eigenvalue weighted by Gasteiger charge is -2.02. The Labute approximate surface area is 125 Å². The summed E-state index contributed by atoms with van der Waals surface area (Å²) in [6.45, 7) is 2.49. The van der Waals surface area contributed by atoms with Crippen LogP contribution in [0.25, 0.3) is 0 Å². The first-order valence-corrected chi connectivity index (χ1v) is 8.25. The molecule has 1 atom stereocenters. The average molecular weight is 280 g/mol. The zero-order valence-corrected chi connectivity index (χ0v) is 13.1. The van der Waals surface area contributed by atoms with Crippen molar-refractivity contribution in [2.24, 2.45) is 0 Å². The van der Waals surface area contributed by atoms with Gasteiger partial charge in [0.15, 0.2) is 0 Å². The number of unbranched alkanes of at least 4 members (excludes halogenated alkanes) is 8. The first kappa shape index (κ1) is 19.2. The van der Waals surface area contributed by atoms with Gasteiger partial charge in [-0.15, -0.1) is 0 Å². The van der Waals surface area contributed by atoms with Crippen molar-refractivity contribution in [3.63, 3.8) is 0 Å². The van der Waals surface area contributed by atoms with Crippen LogP contribution in [0, 0.1) is 11.8 Å². The van der Waals surface area contributed by atoms with Gasteiger partial charge >= 0.3 is 0 Å². The van der Waals surface area contributed by atoms with Crippen molar-refractivity contribution >= 4 is 0 Å². The van der Waals surface area contributed by atoms with Gasteiger partial charge in [0, 0.05) is 13.0 Å². The Morgan fingerprint density at radius 1 is 0.950 bits per heavy atom. The molecule has 0 saturated carbocycles. The predicted molar refractivity (Wildman–Crippen MR) is 86.5 cm³/mol. The van der Waals surface area contributed by atoms with Gasteiger partial charge in [0.25, 0.3) is 0 Å². The molecule has 0 aromatic rings. The van der Waals surface area contributed by atoms with E-state index in [-0.39, 0.29) is 6.10 Å². The molecule has 0 unspecified atom stereocenters. The zero-order chi connectivity index (χ0) is 14.9. The van der Waals surface area contributed by atoms with Crippen LogP contribution in [0.2, 0.25) is 0 Å². The summed E-state index contributed by atoms with van der Waals surface area (Å²) in [5.41, 5.74) is 0. The second-order valence-corrected chi connectivity index (χ2v) is 5.34. The molecule has 0 aliphatic heterocycles. The van der Waals surface area contributed by atoms with Crippen molar-refractivity contribution < 1.29 is 10.2 Å². The van der Waals surface area contributed by atoms with E-state index in [4.69, 9.17) is 5.11 Å². The Morgan fingerprint density at radius 2 is 1.65 bits per heavy atom. The average Bonchev–Trinajstić information content (AvgIpc) is 2.45. The molecule has 0 heterocycles. The van der Waals surface area contributed by atoms with E-state index in [1.54, 1.807) is 12.2 Å². The van der Waals surface area contributed by atoms with Crippen molar-refractivity contribution in [2.45, 2.75) is 83.7 Å². The van der Waals surface area contributed by atoms with Crippen molar-refractivity contribution in [3.05, 3.63) is 12.2 Å². The summed E-state index contributed by atoms with van der Waals surface area (Å²) in [6, 6.07) is 0. The molecule has 0 aliphatic rings. The Kier molecular flexibility index (Phi) is 15.6. The molecule has 2 N–H and O–H groups in total. The first-order chi connectivity index (χ1) is 9.81. The van der Waals surface area contributed by atoms with E-state index < -0.39 is 0 Å². The molecule has 116 valence electrons. The minimum atomic E-state index is -0.331. The van der Waals surface area contributed by atoms with Gasteiger partial charge in [-0.1, -0.05) is 63.7 Å². The second kappa shape index (κ2) is 16.3. The summed E-state index contributed by atoms with van der Waals surface area (Å²) in [5.74, 6) is 6.12. The second-order valence-electron chi connectivity index (χ2n) is 5.34. The predicted octanol–water partition coefficient (Wildman–Crippen LogP) is 4.21. The molecule has 0 fully saturated rings. The molecule has 0 saturated heterocycles. The molecule has 0 radical (unpaired) electrons. The Hall–Kier alpha value is -0.780. The lowest BCUT2D eigenvalue weighted by atomic mass is 10.1. The molecule has 2 nitrogen and oxygen atoms in total. The molecule has 0 bridgehead atoms. The summed E-state index contributed by atoms with van der Waals surface area (Å²) >= 11 is 0. The van der Waals surface area contributed by atoms with E-state index in [0.717, 1.165) is 38.5 Å². The lowest BCUT2D eigenvalue weighted by molar-refractivity contribution is 0.208. The molecule has 2 heteroatoms. The standard InChI is InChI=1S/C18H32O2/c1-2-3-12-15-18(20)16-13-10-8-6-4-5-7-9-11-14-17-19/h13,16,18-20H,2-7,9,11-12,14-15,17H2,1H3/b16-13+/t18-/m0/s1. The summed E-state index contributed by atoms with van der Waals surface area (Å²) in [6.07, 6.45) is 15.4. The largest absolute Gasteiger partial charge is 0.396 e. The highest BCUT2D eigenvalue weighted by Crippen LogP contribution is 2.06. The minimum Gasteiger partial charge on any atom is -0.396 e. The normalized spacial score (nSPS) is 12.3. The van der Waals surface area contributed by atoms with E-state index in [1.807, 2.05) is 0 Å². The summed E-state index contributed by atoms with van der Waals surface area (Å²) < 4.78 is 0. The van der Waals surface area contributed by atoms with Crippen LogP contribution in [0.1, 0.15) is 77.6 Å². The van der Waals surface area contributed by atoms with Gasteiger partial charge in [0.1, 0.15) is 0 Å². The maximum Gasteiger partial charge on any atom is 0.0730 e. The summed E-state index contributed by atoms with van der Waals surface area (Å²) in [5, 5.41) is 18.3. The molecule has 20 heavy (non-hydrogen) atoms. The summed E-state index contributed by atoms with van der Waals surface area (Å²) in [4.78, 5) is 0. The van der Waals surface area contributed by atoms with E-state index >= 15 is 0 Å². The van der Waals surface area contributed by atoms with Crippen LogP contribution in [0.15, 0.2) is 12.2 Å². The maximum atomic E-state index is 9.65. The molecule has 0 rings (SSSR count). The van der Waals surface area contributed by atoms with Gasteiger partial charge in [-0.05, 0) is 31.4 Å². The Morgan fingerprint density at radius 3 is 2.35 bits per heavy atom. The van der Waals surface area contributed by atoms with Gasteiger partial charge in [-0.2, -0.15) is 0 Å². The number of aliphatic hydroxyl groups excluding tert-OH is 2. The van der Waals surface area contributed by atoms with Crippen LogP contribution < -0.4 is 0 Å². The van der Waals surface area contributed by atoms with E-state index in [0.29, 0.717) is 6.61 Å². The van der Waals surface area contributed by atoms with Crippen LogP contribution in [-0.2, 0) is 0 Å². The highest BCUT2D eigenvalue weighted by atomic mass is 16.3. The van der Waals surface area contributed by atoms with Gasteiger partial charge in [0.2, 0.25) is 0 Å². The quantitative estimate of drug-likeness (QED) is 0.415. The zero-order valence-electron chi connectivity index (χ0n) is 13.1. The minimum absolute atomic E-state index is 0.322. The fraction of sp³-hybridized carbons (Fsp3) is 0.778. The highest BCUT2D eigenvalue weighted by Gasteiger charge is 1.96. The third-order valence-electron chi connectivity index (χ3n) is 3.32. The van der Waals surface area contributed by atoms with Gasteiger partial charge in [-0.3, -0.25) is 0 Å². The van der Waals surface area contributed by atoms with Crippen LogP contribution in [-0.4, -0.2) is 22.9 Å². The number of hydrogen-bond acceptors (Lipinski definition) is 2. The monoisotopic (exact) mass is 280 g/mol. The Bertz CT molecular complexity index is 273.